The van der Waals surface area contributed by atoms with Gasteiger partial charge in [0.1, 0.15) is 17.8 Å². The molecule has 2 heterocycles. The number of nitrogens with one attached hydrogen (secondary N) is 1. The fraction of sp³-hybridized carbons (Fsp3) is 0.391. The number of rotatable bonds is 3. The first-order chi connectivity index (χ1) is 15.8. The number of anilines is 1. The summed E-state index contributed by atoms with van der Waals surface area (Å²) in [7, 11) is 0. The van der Waals surface area contributed by atoms with Crippen LogP contribution in [-0.4, -0.2) is 47.6 Å². The molecule has 2 aromatic carbocycles. The zero-order valence-electron chi connectivity index (χ0n) is 18.5. The third-order valence-corrected chi connectivity index (χ3v) is 5.15. The van der Waals surface area contributed by atoms with Crippen molar-refractivity contribution in [2.45, 2.75) is 51.3 Å². The molecule has 2 aliphatic heterocycles. The molecule has 4 rings (SSSR count). The van der Waals surface area contributed by atoms with Crippen molar-refractivity contribution in [1.82, 2.24) is 4.90 Å². The number of likely N-dealkylation sites (tertiary alicyclic amines) is 1. The first-order valence-corrected chi connectivity index (χ1v) is 10.5. The van der Waals surface area contributed by atoms with Gasteiger partial charge in [0.25, 0.3) is 0 Å². The third kappa shape index (κ3) is 4.87. The van der Waals surface area contributed by atoms with Crippen LogP contribution in [0.15, 0.2) is 36.4 Å². The number of hydrogen-bond donors (Lipinski definition) is 1. The zero-order valence-corrected chi connectivity index (χ0v) is 18.5. The van der Waals surface area contributed by atoms with E-state index < -0.39 is 41.9 Å². The van der Waals surface area contributed by atoms with Crippen molar-refractivity contribution in [3.8, 4) is 22.6 Å². The predicted molar refractivity (Wildman–Crippen MR) is 113 cm³/mol. The lowest BCUT2D eigenvalue weighted by Gasteiger charge is -2.27. The van der Waals surface area contributed by atoms with Gasteiger partial charge in [-0.3, -0.25) is 9.69 Å². The average molecular weight is 482 g/mol. The number of fused-ring (bicyclic) bond motifs is 1. The second-order valence-electron chi connectivity index (χ2n) is 8.97. The molecule has 0 radical (unpaired) electrons. The number of amides is 2. The van der Waals surface area contributed by atoms with Crippen LogP contribution in [0.3, 0.4) is 0 Å². The van der Waals surface area contributed by atoms with E-state index in [2.05, 4.69) is 14.8 Å². The largest absolute Gasteiger partial charge is 0.586 e. The summed E-state index contributed by atoms with van der Waals surface area (Å²) in [6, 6.07) is 6.71. The Hall–Kier alpha value is -3.50. The van der Waals surface area contributed by atoms with E-state index in [9.17, 15) is 22.8 Å². The number of halogens is 4. The summed E-state index contributed by atoms with van der Waals surface area (Å²) in [5, 5.41) is 2.39. The van der Waals surface area contributed by atoms with E-state index in [1.807, 2.05) is 0 Å². The molecule has 0 aliphatic carbocycles. The lowest BCUT2D eigenvalue weighted by molar-refractivity contribution is -0.286. The van der Waals surface area contributed by atoms with Gasteiger partial charge < -0.3 is 19.5 Å². The molecule has 11 heteroatoms. The van der Waals surface area contributed by atoms with E-state index in [4.69, 9.17) is 4.74 Å². The first-order valence-electron chi connectivity index (χ1n) is 10.5. The average Bonchev–Trinajstić information content (AvgIpc) is 3.25. The highest BCUT2D eigenvalue weighted by Gasteiger charge is 2.44. The molecule has 0 unspecified atom stereocenters. The lowest BCUT2D eigenvalue weighted by Crippen LogP contribution is -2.45. The smallest absolute Gasteiger partial charge is 0.444 e. The van der Waals surface area contributed by atoms with Gasteiger partial charge in [-0.2, -0.15) is 0 Å². The van der Waals surface area contributed by atoms with Crippen LogP contribution in [0.4, 0.5) is 28.0 Å². The predicted octanol–water partition coefficient (Wildman–Crippen LogP) is 5.10. The second kappa shape index (κ2) is 8.37. The van der Waals surface area contributed by atoms with Crippen molar-refractivity contribution in [3.63, 3.8) is 0 Å². The number of carbonyl (C=O) groups is 2. The summed E-state index contributed by atoms with van der Waals surface area (Å²) in [6.07, 6.45) is -6.36. The van der Waals surface area contributed by atoms with Gasteiger partial charge in [0.15, 0.2) is 17.3 Å². The molecular formula is C23H22F4N2O5. The van der Waals surface area contributed by atoms with Gasteiger partial charge in [0, 0.05) is 12.0 Å². The van der Waals surface area contributed by atoms with E-state index in [0.29, 0.717) is 0 Å². The Morgan fingerprint density at radius 3 is 2.56 bits per heavy atom. The van der Waals surface area contributed by atoms with Crippen LogP contribution in [0, 0.1) is 5.82 Å². The van der Waals surface area contributed by atoms with Gasteiger partial charge in [-0.15, -0.1) is 8.78 Å². The molecule has 0 saturated carbocycles. The minimum absolute atomic E-state index is 0.00166. The molecule has 2 aromatic rings. The maximum Gasteiger partial charge on any atom is 0.586 e. The fourth-order valence-electron chi connectivity index (χ4n) is 3.74. The SMILES string of the molecule is CC(C)(C)OC(=O)N1C[C@H](F)C[C@H]1C(=O)Nc1cccc(-c2ccc3c(c2)OC(F)(F)O3)c1F. The number of alkyl halides is 3. The number of hydrogen-bond acceptors (Lipinski definition) is 5. The molecule has 1 saturated heterocycles. The quantitative estimate of drug-likeness (QED) is 0.616. The Morgan fingerprint density at radius 2 is 1.85 bits per heavy atom. The molecule has 0 spiro atoms. The summed E-state index contributed by atoms with van der Waals surface area (Å²) >= 11 is 0. The van der Waals surface area contributed by atoms with Crippen LogP contribution in [0.2, 0.25) is 0 Å². The van der Waals surface area contributed by atoms with E-state index in [-0.39, 0.29) is 41.3 Å². The van der Waals surface area contributed by atoms with E-state index in [1.54, 1.807) is 20.8 Å². The minimum Gasteiger partial charge on any atom is -0.444 e. The zero-order chi connectivity index (χ0) is 24.8. The second-order valence-corrected chi connectivity index (χ2v) is 8.97. The minimum atomic E-state index is -3.81. The van der Waals surface area contributed by atoms with Crippen LogP contribution in [0.1, 0.15) is 27.2 Å². The van der Waals surface area contributed by atoms with Crippen LogP contribution >= 0.6 is 0 Å². The van der Waals surface area contributed by atoms with Gasteiger partial charge in [-0.25, -0.2) is 13.6 Å². The summed E-state index contributed by atoms with van der Waals surface area (Å²) in [6.45, 7) is 4.60. The Labute approximate surface area is 192 Å². The van der Waals surface area contributed by atoms with E-state index >= 15 is 4.39 Å². The third-order valence-electron chi connectivity index (χ3n) is 5.15. The fourth-order valence-corrected chi connectivity index (χ4v) is 3.74. The van der Waals surface area contributed by atoms with E-state index in [0.717, 1.165) is 4.90 Å². The van der Waals surface area contributed by atoms with Crippen molar-refractivity contribution in [2.75, 3.05) is 11.9 Å². The number of benzene rings is 2. The van der Waals surface area contributed by atoms with Crippen molar-refractivity contribution >= 4 is 17.7 Å². The summed E-state index contributed by atoms with van der Waals surface area (Å²) in [4.78, 5) is 26.3. The lowest BCUT2D eigenvalue weighted by atomic mass is 10.0. The van der Waals surface area contributed by atoms with Gasteiger partial charge in [-0.1, -0.05) is 18.2 Å². The van der Waals surface area contributed by atoms with Crippen LogP contribution in [-0.2, 0) is 9.53 Å². The highest BCUT2D eigenvalue weighted by Crippen LogP contribution is 2.43. The molecule has 2 amide bonds. The Morgan fingerprint density at radius 1 is 1.15 bits per heavy atom. The maximum atomic E-state index is 15.3. The number of ether oxygens (including phenoxy) is 3. The van der Waals surface area contributed by atoms with Crippen molar-refractivity contribution in [1.29, 1.82) is 0 Å². The molecule has 182 valence electrons. The molecule has 1 fully saturated rings. The standard InChI is InChI=1S/C23H22F4N2O5/c1-22(2,3)34-21(31)29-11-13(24)10-16(29)20(30)28-15-6-4-5-14(19(15)25)12-7-8-17-18(9-12)33-23(26,27)32-17/h4-9,13,16H,10-11H2,1-3H3,(H,28,30)/t13-,16+/m1/s1. The molecule has 2 atom stereocenters. The highest BCUT2D eigenvalue weighted by atomic mass is 19.3. The molecule has 0 bridgehead atoms. The van der Waals surface area contributed by atoms with Gasteiger partial charge >= 0.3 is 12.4 Å². The Balaban J connectivity index is 1.55. The molecule has 1 N–H and O–H groups in total. The molecule has 2 aliphatic rings. The van der Waals surface area contributed by atoms with Crippen molar-refractivity contribution in [2.24, 2.45) is 0 Å². The number of carbonyl (C=O) groups excluding carboxylic acids is 2. The normalized spacial score (nSPS) is 20.9. The van der Waals surface area contributed by atoms with Gasteiger partial charge in [-0.05, 0) is 44.5 Å². The van der Waals surface area contributed by atoms with Gasteiger partial charge in [0.05, 0.1) is 12.2 Å². The van der Waals surface area contributed by atoms with Crippen LogP contribution in [0.25, 0.3) is 11.1 Å². The maximum absolute atomic E-state index is 15.3. The molecular weight excluding hydrogens is 460 g/mol. The molecule has 34 heavy (non-hydrogen) atoms. The topological polar surface area (TPSA) is 77.1 Å². The van der Waals surface area contributed by atoms with E-state index in [1.165, 1.54) is 36.4 Å². The first kappa shape index (κ1) is 23.7. The summed E-state index contributed by atoms with van der Waals surface area (Å²) in [5.74, 6) is -2.08. The van der Waals surface area contributed by atoms with Crippen molar-refractivity contribution < 1.29 is 41.4 Å². The summed E-state index contributed by atoms with van der Waals surface area (Å²) in [5.41, 5.74) is -0.870. The monoisotopic (exact) mass is 482 g/mol. The van der Waals surface area contributed by atoms with Crippen LogP contribution < -0.4 is 14.8 Å². The summed E-state index contributed by atoms with van der Waals surface area (Å²) < 4.78 is 69.9. The molecule has 7 nitrogen and oxygen atoms in total. The molecule has 0 aromatic heterocycles. The Bertz CT molecular complexity index is 1130. The Kier molecular flexibility index (Phi) is 5.82. The number of nitrogens with zero attached hydrogens (tertiary/aromatic N) is 1. The highest BCUT2D eigenvalue weighted by molar-refractivity contribution is 5.97. The van der Waals surface area contributed by atoms with Gasteiger partial charge in [0.2, 0.25) is 5.91 Å². The van der Waals surface area contributed by atoms with Crippen molar-refractivity contribution in [3.05, 3.63) is 42.2 Å². The van der Waals surface area contributed by atoms with Crippen LogP contribution in [0.5, 0.6) is 11.5 Å².